The topological polar surface area (TPSA) is 21.7 Å². The van der Waals surface area contributed by atoms with Crippen LogP contribution in [0.15, 0.2) is 42.5 Å². The predicted molar refractivity (Wildman–Crippen MR) is 74.1 cm³/mol. The number of hydrogen-bond donors (Lipinski definition) is 0. The second kappa shape index (κ2) is 5.51. The molecule has 0 N–H and O–H groups in total. The zero-order chi connectivity index (χ0) is 13.9. The minimum atomic E-state index is -0.223. The largest absolute Gasteiger partial charge is 0.497 e. The van der Waals surface area contributed by atoms with Crippen molar-refractivity contribution in [1.82, 2.24) is 4.90 Å². The molecule has 1 aliphatic rings. The van der Waals surface area contributed by atoms with Gasteiger partial charge in [0.05, 0.1) is 7.11 Å². The molecule has 1 aliphatic heterocycles. The lowest BCUT2D eigenvalue weighted by Gasteiger charge is -2.29. The molecule has 0 fully saturated rings. The molecule has 0 atom stereocenters. The molecular formula is C16H16FNO2. The lowest BCUT2D eigenvalue weighted by Crippen LogP contribution is -2.31. The van der Waals surface area contributed by atoms with Gasteiger partial charge in [0.1, 0.15) is 24.0 Å². The van der Waals surface area contributed by atoms with Crippen molar-refractivity contribution < 1.29 is 13.9 Å². The van der Waals surface area contributed by atoms with Gasteiger partial charge in [-0.05, 0) is 35.9 Å². The number of halogens is 1. The Balaban J connectivity index is 1.70. The fourth-order valence-corrected chi connectivity index (χ4v) is 2.35. The highest BCUT2D eigenvalue weighted by Crippen LogP contribution is 2.26. The first kappa shape index (κ1) is 12.9. The minimum absolute atomic E-state index is 0.223. The van der Waals surface area contributed by atoms with E-state index >= 15 is 0 Å². The van der Waals surface area contributed by atoms with Crippen molar-refractivity contribution >= 4 is 0 Å². The first-order chi connectivity index (χ1) is 9.74. The first-order valence-corrected chi connectivity index (χ1v) is 6.51. The predicted octanol–water partition coefficient (Wildman–Crippen LogP) is 3.19. The van der Waals surface area contributed by atoms with Gasteiger partial charge in [0, 0.05) is 18.7 Å². The number of fused-ring (bicyclic) bond motifs is 1. The van der Waals surface area contributed by atoms with Gasteiger partial charge in [-0.2, -0.15) is 0 Å². The van der Waals surface area contributed by atoms with Crippen LogP contribution in [0.3, 0.4) is 0 Å². The van der Waals surface area contributed by atoms with E-state index in [-0.39, 0.29) is 5.82 Å². The fraction of sp³-hybridized carbons (Fsp3) is 0.250. The van der Waals surface area contributed by atoms with Crippen molar-refractivity contribution in [3.05, 3.63) is 59.4 Å². The summed E-state index contributed by atoms with van der Waals surface area (Å²) >= 11 is 0. The summed E-state index contributed by atoms with van der Waals surface area (Å²) in [7, 11) is 1.65. The summed E-state index contributed by atoms with van der Waals surface area (Å²) in [6, 6.07) is 12.6. The SMILES string of the molecule is COc1ccc(CN2COc3ccc(F)cc3C2)cc1. The third kappa shape index (κ3) is 2.75. The number of methoxy groups -OCH3 is 1. The van der Waals surface area contributed by atoms with Crippen LogP contribution in [-0.4, -0.2) is 18.7 Å². The lowest BCUT2D eigenvalue weighted by molar-refractivity contribution is 0.0884. The average molecular weight is 273 g/mol. The smallest absolute Gasteiger partial charge is 0.142 e. The van der Waals surface area contributed by atoms with E-state index in [0.29, 0.717) is 13.3 Å². The Morgan fingerprint density at radius 3 is 2.75 bits per heavy atom. The average Bonchev–Trinajstić information content (AvgIpc) is 2.47. The van der Waals surface area contributed by atoms with Crippen molar-refractivity contribution in [2.45, 2.75) is 13.1 Å². The van der Waals surface area contributed by atoms with E-state index in [0.717, 1.165) is 23.6 Å². The quantitative estimate of drug-likeness (QED) is 0.857. The molecule has 1 heterocycles. The zero-order valence-corrected chi connectivity index (χ0v) is 11.3. The van der Waals surface area contributed by atoms with Gasteiger partial charge < -0.3 is 9.47 Å². The maximum Gasteiger partial charge on any atom is 0.142 e. The lowest BCUT2D eigenvalue weighted by atomic mass is 10.1. The Bertz CT molecular complexity index is 598. The van der Waals surface area contributed by atoms with Crippen LogP contribution in [0.2, 0.25) is 0 Å². The molecule has 0 amide bonds. The Labute approximate surface area is 117 Å². The number of ether oxygens (including phenoxy) is 2. The molecule has 0 radical (unpaired) electrons. The van der Waals surface area contributed by atoms with Gasteiger partial charge in [0.25, 0.3) is 0 Å². The molecule has 0 saturated heterocycles. The summed E-state index contributed by atoms with van der Waals surface area (Å²) in [5.74, 6) is 1.40. The third-order valence-electron chi connectivity index (χ3n) is 3.38. The van der Waals surface area contributed by atoms with Gasteiger partial charge in [-0.15, -0.1) is 0 Å². The van der Waals surface area contributed by atoms with Crippen LogP contribution in [0.25, 0.3) is 0 Å². The highest BCUT2D eigenvalue weighted by molar-refractivity contribution is 5.35. The third-order valence-corrected chi connectivity index (χ3v) is 3.38. The minimum Gasteiger partial charge on any atom is -0.497 e. The van der Waals surface area contributed by atoms with E-state index < -0.39 is 0 Å². The van der Waals surface area contributed by atoms with Crippen LogP contribution in [0, 0.1) is 5.82 Å². The second-order valence-electron chi connectivity index (χ2n) is 4.86. The molecule has 0 spiro atoms. The van der Waals surface area contributed by atoms with Crippen LogP contribution in [0.4, 0.5) is 4.39 Å². The molecular weight excluding hydrogens is 257 g/mol. The number of benzene rings is 2. The van der Waals surface area contributed by atoms with Gasteiger partial charge >= 0.3 is 0 Å². The maximum absolute atomic E-state index is 13.2. The van der Waals surface area contributed by atoms with E-state index in [1.165, 1.54) is 17.7 Å². The monoisotopic (exact) mass is 273 g/mol. The van der Waals surface area contributed by atoms with Crippen molar-refractivity contribution in [2.75, 3.05) is 13.8 Å². The normalized spacial score (nSPS) is 14.5. The number of nitrogens with zero attached hydrogens (tertiary/aromatic N) is 1. The summed E-state index contributed by atoms with van der Waals surface area (Å²) in [6.45, 7) is 1.98. The first-order valence-electron chi connectivity index (χ1n) is 6.51. The van der Waals surface area contributed by atoms with Crippen LogP contribution in [0.5, 0.6) is 11.5 Å². The molecule has 0 saturated carbocycles. The maximum atomic E-state index is 13.2. The number of hydrogen-bond acceptors (Lipinski definition) is 3. The fourth-order valence-electron chi connectivity index (χ4n) is 2.35. The summed E-state index contributed by atoms with van der Waals surface area (Å²) in [5, 5.41) is 0. The van der Waals surface area contributed by atoms with Crippen LogP contribution >= 0.6 is 0 Å². The van der Waals surface area contributed by atoms with Crippen LogP contribution < -0.4 is 9.47 Å². The molecule has 0 aliphatic carbocycles. The second-order valence-corrected chi connectivity index (χ2v) is 4.86. The molecule has 0 bridgehead atoms. The highest BCUT2D eigenvalue weighted by Gasteiger charge is 2.17. The van der Waals surface area contributed by atoms with E-state index in [1.54, 1.807) is 13.2 Å². The van der Waals surface area contributed by atoms with Crippen LogP contribution in [-0.2, 0) is 13.1 Å². The summed E-state index contributed by atoms with van der Waals surface area (Å²) < 4.78 is 24.0. The Morgan fingerprint density at radius 2 is 2.00 bits per heavy atom. The van der Waals surface area contributed by atoms with E-state index in [9.17, 15) is 4.39 Å². The molecule has 2 aromatic rings. The van der Waals surface area contributed by atoms with E-state index in [4.69, 9.17) is 9.47 Å². The van der Waals surface area contributed by atoms with Crippen molar-refractivity contribution in [3.63, 3.8) is 0 Å². The number of rotatable bonds is 3. The van der Waals surface area contributed by atoms with Crippen molar-refractivity contribution in [1.29, 1.82) is 0 Å². The van der Waals surface area contributed by atoms with Gasteiger partial charge in [-0.3, -0.25) is 4.90 Å². The molecule has 4 heteroatoms. The molecule has 3 rings (SSSR count). The van der Waals surface area contributed by atoms with E-state index in [2.05, 4.69) is 4.90 Å². The van der Waals surface area contributed by atoms with Crippen molar-refractivity contribution in [2.24, 2.45) is 0 Å². The molecule has 0 aromatic heterocycles. The summed E-state index contributed by atoms with van der Waals surface area (Å²) in [5.41, 5.74) is 2.07. The zero-order valence-electron chi connectivity index (χ0n) is 11.3. The molecule has 0 unspecified atom stereocenters. The van der Waals surface area contributed by atoms with Gasteiger partial charge in [-0.25, -0.2) is 4.39 Å². The highest BCUT2D eigenvalue weighted by atomic mass is 19.1. The van der Waals surface area contributed by atoms with Gasteiger partial charge in [0.2, 0.25) is 0 Å². The van der Waals surface area contributed by atoms with Gasteiger partial charge in [0.15, 0.2) is 0 Å². The standard InChI is InChI=1S/C16H16FNO2/c1-19-15-5-2-12(3-6-15)9-18-10-13-8-14(17)4-7-16(13)20-11-18/h2-8H,9-11H2,1H3. The van der Waals surface area contributed by atoms with Gasteiger partial charge in [-0.1, -0.05) is 12.1 Å². The van der Waals surface area contributed by atoms with Crippen LogP contribution in [0.1, 0.15) is 11.1 Å². The molecule has 104 valence electrons. The Hall–Kier alpha value is -2.07. The molecule has 3 nitrogen and oxygen atoms in total. The molecule has 2 aromatic carbocycles. The summed E-state index contributed by atoms with van der Waals surface area (Å²) in [4.78, 5) is 2.13. The van der Waals surface area contributed by atoms with Crippen molar-refractivity contribution in [3.8, 4) is 11.5 Å². The Kier molecular flexibility index (Phi) is 3.56. The molecule has 20 heavy (non-hydrogen) atoms. The Morgan fingerprint density at radius 1 is 1.20 bits per heavy atom. The summed E-state index contributed by atoms with van der Waals surface area (Å²) in [6.07, 6.45) is 0. The van der Waals surface area contributed by atoms with E-state index in [1.807, 2.05) is 24.3 Å².